The Morgan fingerprint density at radius 2 is 2.40 bits per heavy atom. The predicted octanol–water partition coefficient (Wildman–Crippen LogP) is 3.29. The van der Waals surface area contributed by atoms with Gasteiger partial charge in [-0.25, -0.2) is 4.98 Å². The third-order valence-corrected chi connectivity index (χ3v) is 4.70. The van der Waals surface area contributed by atoms with Gasteiger partial charge in [0.05, 0.1) is 23.4 Å². The lowest BCUT2D eigenvalue weighted by Gasteiger charge is -2.30. The molecule has 1 fully saturated rings. The number of amides is 1. The molecule has 1 amide bonds. The lowest BCUT2D eigenvalue weighted by atomic mass is 10.2. The van der Waals surface area contributed by atoms with E-state index in [2.05, 4.69) is 4.98 Å². The number of hydrogen-bond donors (Lipinski definition) is 0. The first kappa shape index (κ1) is 17.6. The molecule has 0 radical (unpaired) electrons. The number of carbonyl (C=O) groups is 1. The summed E-state index contributed by atoms with van der Waals surface area (Å²) in [6, 6.07) is 7.70. The summed E-state index contributed by atoms with van der Waals surface area (Å²) >= 11 is 1.61. The highest BCUT2D eigenvalue weighted by Gasteiger charge is 2.19. The van der Waals surface area contributed by atoms with E-state index in [0.29, 0.717) is 26.3 Å². The summed E-state index contributed by atoms with van der Waals surface area (Å²) in [7, 11) is 0. The van der Waals surface area contributed by atoms with Crippen molar-refractivity contribution in [3.63, 3.8) is 0 Å². The summed E-state index contributed by atoms with van der Waals surface area (Å²) in [5, 5.41) is 3.03. The number of rotatable bonds is 5. The molecule has 3 rings (SSSR count). The summed E-state index contributed by atoms with van der Waals surface area (Å²) in [5.41, 5.74) is 1.86. The van der Waals surface area contributed by atoms with Crippen LogP contribution in [0.1, 0.15) is 23.2 Å². The van der Waals surface area contributed by atoms with Gasteiger partial charge in [0.2, 0.25) is 5.91 Å². The molecule has 1 aliphatic rings. The van der Waals surface area contributed by atoms with E-state index in [1.807, 2.05) is 54.5 Å². The lowest BCUT2D eigenvalue weighted by Crippen LogP contribution is -2.43. The van der Waals surface area contributed by atoms with Crippen molar-refractivity contribution in [1.29, 1.82) is 0 Å². The Morgan fingerprint density at radius 3 is 3.16 bits per heavy atom. The van der Waals surface area contributed by atoms with Gasteiger partial charge in [0.15, 0.2) is 0 Å². The number of benzene rings is 1. The van der Waals surface area contributed by atoms with Gasteiger partial charge in [0.1, 0.15) is 12.4 Å². The minimum Gasteiger partial charge on any atom is -0.487 e. The monoisotopic (exact) mass is 358 g/mol. The first-order valence-corrected chi connectivity index (χ1v) is 9.20. The molecular weight excluding hydrogens is 336 g/mol. The Kier molecular flexibility index (Phi) is 5.83. The van der Waals surface area contributed by atoms with E-state index < -0.39 is 0 Å². The first-order chi connectivity index (χ1) is 12.1. The molecule has 0 aliphatic carbocycles. The lowest BCUT2D eigenvalue weighted by molar-refractivity contribution is -0.132. The standard InChI is InChI=1S/C19H22N2O3S/c1-14-11-21(8-9-23-14)19(22)7-6-16-4-3-5-18(10-16)24-12-17-13-25-15(2)20-17/h3-7,10,13-14H,8-9,11-12H2,1-2H3/b7-6+. The molecule has 1 aliphatic heterocycles. The predicted molar refractivity (Wildman–Crippen MR) is 98.7 cm³/mol. The van der Waals surface area contributed by atoms with Crippen LogP contribution < -0.4 is 4.74 Å². The van der Waals surface area contributed by atoms with Crippen molar-refractivity contribution in [3.05, 3.63) is 52.0 Å². The molecule has 1 unspecified atom stereocenters. The first-order valence-electron chi connectivity index (χ1n) is 8.32. The third-order valence-electron chi connectivity index (χ3n) is 3.88. The quantitative estimate of drug-likeness (QED) is 0.770. The Bertz CT molecular complexity index is 757. The van der Waals surface area contributed by atoms with Crippen LogP contribution in [0.5, 0.6) is 5.75 Å². The average molecular weight is 358 g/mol. The molecule has 1 aromatic carbocycles. The highest BCUT2D eigenvalue weighted by molar-refractivity contribution is 7.09. The van der Waals surface area contributed by atoms with Gasteiger partial charge >= 0.3 is 0 Å². The van der Waals surface area contributed by atoms with E-state index in [4.69, 9.17) is 9.47 Å². The molecule has 0 saturated carbocycles. The smallest absolute Gasteiger partial charge is 0.246 e. The van der Waals surface area contributed by atoms with Gasteiger partial charge in [-0.3, -0.25) is 4.79 Å². The molecule has 5 nitrogen and oxygen atoms in total. The number of aryl methyl sites for hydroxylation is 1. The zero-order chi connectivity index (χ0) is 17.6. The van der Waals surface area contributed by atoms with Gasteiger partial charge in [-0.2, -0.15) is 0 Å². The van der Waals surface area contributed by atoms with Gasteiger partial charge in [-0.1, -0.05) is 12.1 Å². The van der Waals surface area contributed by atoms with Crippen LogP contribution in [0.15, 0.2) is 35.7 Å². The van der Waals surface area contributed by atoms with Crippen molar-refractivity contribution in [1.82, 2.24) is 9.88 Å². The van der Waals surface area contributed by atoms with Gasteiger partial charge < -0.3 is 14.4 Å². The van der Waals surface area contributed by atoms with Crippen LogP contribution in [0.2, 0.25) is 0 Å². The average Bonchev–Trinajstić information content (AvgIpc) is 3.04. The van der Waals surface area contributed by atoms with E-state index in [1.165, 1.54) is 0 Å². The molecule has 2 aromatic rings. The SMILES string of the molecule is Cc1nc(COc2cccc(/C=C/C(=O)N3CCOC(C)C3)c2)cs1. The van der Waals surface area contributed by atoms with Crippen LogP contribution in [0, 0.1) is 6.92 Å². The third kappa shape index (κ3) is 5.14. The van der Waals surface area contributed by atoms with Crippen molar-refractivity contribution in [2.45, 2.75) is 26.6 Å². The fourth-order valence-electron chi connectivity index (χ4n) is 2.63. The molecule has 2 heterocycles. The number of hydrogen-bond acceptors (Lipinski definition) is 5. The van der Waals surface area contributed by atoms with Crippen molar-refractivity contribution >= 4 is 23.3 Å². The van der Waals surface area contributed by atoms with Crippen molar-refractivity contribution in [2.75, 3.05) is 19.7 Å². The van der Waals surface area contributed by atoms with Gasteiger partial charge in [-0.05, 0) is 37.6 Å². The molecule has 6 heteroatoms. The molecule has 132 valence electrons. The summed E-state index contributed by atoms with van der Waals surface area (Å²) in [6.45, 7) is 6.28. The highest BCUT2D eigenvalue weighted by Crippen LogP contribution is 2.17. The Balaban J connectivity index is 1.58. The summed E-state index contributed by atoms with van der Waals surface area (Å²) in [6.07, 6.45) is 3.53. The second-order valence-corrected chi connectivity index (χ2v) is 7.08. The normalized spacial score (nSPS) is 17.8. The molecule has 25 heavy (non-hydrogen) atoms. The topological polar surface area (TPSA) is 51.7 Å². The summed E-state index contributed by atoms with van der Waals surface area (Å²) in [4.78, 5) is 18.5. The van der Waals surface area contributed by atoms with Gasteiger partial charge in [0.25, 0.3) is 0 Å². The highest BCUT2D eigenvalue weighted by atomic mass is 32.1. The van der Waals surface area contributed by atoms with E-state index in [-0.39, 0.29) is 12.0 Å². The van der Waals surface area contributed by atoms with Crippen LogP contribution in [-0.2, 0) is 16.1 Å². The maximum absolute atomic E-state index is 12.3. The molecular formula is C19H22N2O3S. The van der Waals surface area contributed by atoms with Crippen LogP contribution in [0.4, 0.5) is 0 Å². The number of morpholine rings is 1. The molecule has 1 atom stereocenters. The fraction of sp³-hybridized carbons (Fsp3) is 0.368. The number of thiazole rings is 1. The summed E-state index contributed by atoms with van der Waals surface area (Å²) in [5.74, 6) is 0.777. The minimum absolute atomic E-state index is 0.0134. The van der Waals surface area contributed by atoms with E-state index in [1.54, 1.807) is 17.4 Å². The molecule has 0 spiro atoms. The van der Waals surface area contributed by atoms with Crippen molar-refractivity contribution in [3.8, 4) is 5.75 Å². The van der Waals surface area contributed by atoms with Crippen molar-refractivity contribution < 1.29 is 14.3 Å². The van der Waals surface area contributed by atoms with Gasteiger partial charge in [0, 0.05) is 24.5 Å². The van der Waals surface area contributed by atoms with Crippen LogP contribution >= 0.6 is 11.3 Å². The Labute approximate surface area is 151 Å². The molecule has 0 bridgehead atoms. The number of aromatic nitrogens is 1. The minimum atomic E-state index is 0.0134. The Hall–Kier alpha value is -2.18. The summed E-state index contributed by atoms with van der Waals surface area (Å²) < 4.78 is 11.2. The molecule has 0 N–H and O–H groups in total. The maximum atomic E-state index is 12.3. The van der Waals surface area contributed by atoms with Crippen LogP contribution in [0.25, 0.3) is 6.08 Å². The van der Waals surface area contributed by atoms with Crippen LogP contribution in [0.3, 0.4) is 0 Å². The Morgan fingerprint density at radius 1 is 1.52 bits per heavy atom. The second-order valence-electron chi connectivity index (χ2n) is 6.02. The zero-order valence-electron chi connectivity index (χ0n) is 14.5. The second kappa shape index (κ2) is 8.27. The van der Waals surface area contributed by atoms with Gasteiger partial charge in [-0.15, -0.1) is 11.3 Å². The van der Waals surface area contributed by atoms with E-state index >= 15 is 0 Å². The number of nitrogens with zero attached hydrogens (tertiary/aromatic N) is 2. The van der Waals surface area contributed by atoms with Crippen molar-refractivity contribution in [2.24, 2.45) is 0 Å². The number of carbonyl (C=O) groups excluding carboxylic acids is 1. The molecule has 1 saturated heterocycles. The largest absolute Gasteiger partial charge is 0.487 e. The van der Waals surface area contributed by atoms with E-state index in [0.717, 1.165) is 22.0 Å². The van der Waals surface area contributed by atoms with E-state index in [9.17, 15) is 4.79 Å². The van der Waals surface area contributed by atoms with Crippen LogP contribution in [-0.4, -0.2) is 41.6 Å². The fourth-order valence-corrected chi connectivity index (χ4v) is 3.23. The zero-order valence-corrected chi connectivity index (χ0v) is 15.3. The molecule has 1 aromatic heterocycles. The number of ether oxygens (including phenoxy) is 2. The maximum Gasteiger partial charge on any atom is 0.246 e.